The van der Waals surface area contributed by atoms with Crippen molar-refractivity contribution in [3.8, 4) is 0 Å². The zero-order valence-electron chi connectivity index (χ0n) is 4.93. The van der Waals surface area contributed by atoms with Crippen LogP contribution in [0.4, 0.5) is 0 Å². The van der Waals surface area contributed by atoms with Crippen LogP contribution < -0.4 is 4.99 Å². The van der Waals surface area contributed by atoms with Crippen LogP contribution in [0, 0.1) is 0 Å². The average Bonchev–Trinajstić information content (AvgIpc) is 1.88. The smallest absolute Gasteiger partial charge is 0.282 e. The van der Waals surface area contributed by atoms with E-state index in [0.29, 0.717) is 0 Å². The van der Waals surface area contributed by atoms with Gasteiger partial charge in [-0.25, -0.2) is 0 Å². The monoisotopic (exact) mass is 159 g/mol. The Kier molecular flexibility index (Phi) is 1.69. The molecule has 0 fully saturated rings. The lowest BCUT2D eigenvalue weighted by Gasteiger charge is -1.91. The summed E-state index contributed by atoms with van der Waals surface area (Å²) >= 11 is 0. The van der Waals surface area contributed by atoms with Gasteiger partial charge in [-0.05, 0) is 0 Å². The van der Waals surface area contributed by atoms with Crippen molar-refractivity contribution in [2.24, 2.45) is 0 Å². The van der Waals surface area contributed by atoms with Gasteiger partial charge >= 0.3 is 0 Å². The van der Waals surface area contributed by atoms with E-state index in [1.807, 2.05) is 0 Å². The van der Waals surface area contributed by atoms with Crippen LogP contribution in [0.2, 0.25) is 0 Å². The van der Waals surface area contributed by atoms with E-state index in [4.69, 9.17) is 4.55 Å². The fourth-order valence-corrected chi connectivity index (χ4v) is 0.976. The lowest BCUT2D eigenvalue weighted by atomic mass is 10.4. The van der Waals surface area contributed by atoms with Gasteiger partial charge in [-0.2, -0.15) is 8.42 Å². The predicted octanol–water partition coefficient (Wildman–Crippen LogP) is -0.308. The van der Waals surface area contributed by atoms with E-state index < -0.39 is 10.1 Å². The third kappa shape index (κ3) is 1.52. The van der Waals surface area contributed by atoms with Crippen molar-refractivity contribution in [3.63, 3.8) is 0 Å². The van der Waals surface area contributed by atoms with Crippen molar-refractivity contribution in [2.45, 2.75) is 0 Å². The van der Waals surface area contributed by atoms with Crippen molar-refractivity contribution in [1.82, 2.24) is 4.99 Å². The second-order valence-corrected chi connectivity index (χ2v) is 3.08. The minimum Gasteiger partial charge on any atom is -0.282 e. The third-order valence-corrected chi connectivity index (χ3v) is 1.82. The van der Waals surface area contributed by atoms with Gasteiger partial charge < -0.3 is 0 Å². The van der Waals surface area contributed by atoms with Crippen LogP contribution in [0.5, 0.6) is 0 Å². The molecule has 0 aromatic heterocycles. The van der Waals surface area contributed by atoms with Gasteiger partial charge in [0.25, 0.3) is 10.1 Å². The molecule has 0 unspecified atom stereocenters. The van der Waals surface area contributed by atoms with Crippen LogP contribution in [0.25, 0.3) is 0 Å². The standard InChI is InChI=1S/C5H5NO3S/c7-10(8,9)5-1-3-6-4-2-5/h1-4H,(H,7,8,9)/q+1. The van der Waals surface area contributed by atoms with Crippen molar-refractivity contribution in [2.75, 3.05) is 0 Å². The van der Waals surface area contributed by atoms with E-state index in [9.17, 15) is 8.42 Å². The van der Waals surface area contributed by atoms with Gasteiger partial charge in [0.2, 0.25) is 12.4 Å². The van der Waals surface area contributed by atoms with Crippen LogP contribution in [-0.2, 0) is 10.1 Å². The fraction of sp³-hybridized carbons (Fsp3) is 0. The molecule has 0 saturated heterocycles. The average molecular weight is 159 g/mol. The van der Waals surface area contributed by atoms with E-state index in [1.165, 1.54) is 24.6 Å². The number of allylic oxidation sites excluding steroid dienone is 2. The first-order chi connectivity index (χ1) is 4.61. The Hall–Kier alpha value is -0.940. The normalized spacial score (nSPS) is 17.1. The first-order valence-corrected chi connectivity index (χ1v) is 3.92. The summed E-state index contributed by atoms with van der Waals surface area (Å²) in [5.74, 6) is 0. The Bertz CT molecular complexity index is 310. The molecule has 0 aromatic rings. The summed E-state index contributed by atoms with van der Waals surface area (Å²) in [6.07, 6.45) is 5.02. The maximum Gasteiger partial charge on any atom is 0.294 e. The minimum absolute atomic E-state index is 0.137. The Morgan fingerprint density at radius 2 is 2.20 bits per heavy atom. The zero-order chi connectivity index (χ0) is 7.61. The maximum atomic E-state index is 10.4. The van der Waals surface area contributed by atoms with Gasteiger partial charge in [-0.15, -0.1) is 0 Å². The van der Waals surface area contributed by atoms with Crippen LogP contribution in [0.1, 0.15) is 0 Å². The first-order valence-electron chi connectivity index (χ1n) is 2.48. The molecule has 1 heterocycles. The van der Waals surface area contributed by atoms with E-state index >= 15 is 0 Å². The molecule has 1 aliphatic rings. The first kappa shape index (κ1) is 7.17. The molecule has 53 valence electrons. The molecule has 1 N–H and O–H groups in total. The zero-order valence-corrected chi connectivity index (χ0v) is 5.75. The molecule has 0 aliphatic carbocycles. The van der Waals surface area contributed by atoms with Crippen molar-refractivity contribution in [3.05, 3.63) is 23.3 Å². The van der Waals surface area contributed by atoms with Gasteiger partial charge in [0.15, 0.2) is 0 Å². The largest absolute Gasteiger partial charge is 0.294 e. The Morgan fingerprint density at radius 1 is 1.50 bits per heavy atom. The van der Waals surface area contributed by atoms with Crippen LogP contribution >= 0.6 is 0 Å². The van der Waals surface area contributed by atoms with Crippen molar-refractivity contribution < 1.29 is 13.0 Å². The molecule has 5 heteroatoms. The number of aliphatic imine (C=N–C) groups is 1. The highest BCUT2D eigenvalue weighted by atomic mass is 32.2. The molecule has 1 radical (unpaired) electrons. The topological polar surface area (TPSA) is 68.5 Å². The number of rotatable bonds is 1. The van der Waals surface area contributed by atoms with E-state index in [2.05, 4.69) is 4.99 Å². The highest BCUT2D eigenvalue weighted by Gasteiger charge is 2.13. The van der Waals surface area contributed by atoms with Gasteiger partial charge in [0.1, 0.15) is 4.91 Å². The molecule has 0 bridgehead atoms. The summed E-state index contributed by atoms with van der Waals surface area (Å²) in [6, 6.07) is 0. The summed E-state index contributed by atoms with van der Waals surface area (Å²) in [5, 5.41) is 0. The van der Waals surface area contributed by atoms with E-state index in [-0.39, 0.29) is 4.91 Å². The SMILES string of the molecule is O=S(=O)(O)C1=CC=[N+]C=C1. The molecule has 0 spiro atoms. The highest BCUT2D eigenvalue weighted by molar-refractivity contribution is 7.90. The summed E-state index contributed by atoms with van der Waals surface area (Å²) in [7, 11) is -4.04. The second-order valence-electron chi connectivity index (χ2n) is 1.66. The Labute approximate surface area is 58.3 Å². The molecule has 1 rings (SSSR count). The van der Waals surface area contributed by atoms with Gasteiger partial charge in [0, 0.05) is 12.2 Å². The lowest BCUT2D eigenvalue weighted by Crippen LogP contribution is -2.02. The van der Waals surface area contributed by atoms with Gasteiger partial charge in [-0.3, -0.25) is 4.55 Å². The lowest BCUT2D eigenvalue weighted by molar-refractivity contribution is 0.492. The van der Waals surface area contributed by atoms with Crippen LogP contribution in [-0.4, -0.2) is 19.2 Å². The van der Waals surface area contributed by atoms with Crippen LogP contribution in [0.3, 0.4) is 0 Å². The molecular weight excluding hydrogens is 154 g/mol. The Morgan fingerprint density at radius 3 is 2.50 bits per heavy atom. The second kappa shape index (κ2) is 2.36. The summed E-state index contributed by atoms with van der Waals surface area (Å²) in [5.41, 5.74) is 0. The molecule has 0 atom stereocenters. The Balaban J connectivity index is 3.08. The molecule has 0 aromatic carbocycles. The molecule has 0 amide bonds. The summed E-state index contributed by atoms with van der Waals surface area (Å²) in [4.78, 5) is 3.45. The predicted molar refractivity (Wildman–Crippen MR) is 37.0 cm³/mol. The molecule has 4 nitrogen and oxygen atoms in total. The molecule has 10 heavy (non-hydrogen) atoms. The summed E-state index contributed by atoms with van der Waals surface area (Å²) < 4.78 is 29.2. The number of hydrogen-bond donors (Lipinski definition) is 1. The van der Waals surface area contributed by atoms with Gasteiger partial charge in [0.05, 0.1) is 4.99 Å². The molecular formula is C5H5NO3S+. The number of nitrogens with zero attached hydrogens (tertiary/aromatic N) is 1. The summed E-state index contributed by atoms with van der Waals surface area (Å²) in [6.45, 7) is 0. The fourth-order valence-electron chi connectivity index (χ4n) is 0.510. The van der Waals surface area contributed by atoms with Crippen molar-refractivity contribution in [1.29, 1.82) is 0 Å². The third-order valence-electron chi connectivity index (χ3n) is 0.948. The minimum atomic E-state index is -4.04. The van der Waals surface area contributed by atoms with E-state index in [0.717, 1.165) is 0 Å². The molecule has 0 saturated carbocycles. The van der Waals surface area contributed by atoms with E-state index in [1.54, 1.807) is 0 Å². The van der Waals surface area contributed by atoms with Crippen LogP contribution in [0.15, 0.2) is 23.3 Å². The van der Waals surface area contributed by atoms with Crippen molar-refractivity contribution >= 4 is 16.3 Å². The highest BCUT2D eigenvalue weighted by Crippen LogP contribution is 2.05. The number of hydrogen-bond acceptors (Lipinski definition) is 3. The molecule has 1 aliphatic heterocycles. The quantitative estimate of drug-likeness (QED) is 0.534. The maximum absolute atomic E-state index is 10.4. The van der Waals surface area contributed by atoms with Gasteiger partial charge in [-0.1, -0.05) is 0 Å².